The van der Waals surface area contributed by atoms with Gasteiger partial charge in [0.2, 0.25) is 6.17 Å². The molecule has 0 amide bonds. The summed E-state index contributed by atoms with van der Waals surface area (Å²) in [5.41, 5.74) is -1.69. The average Bonchev–Trinajstić information content (AvgIpc) is 3.18. The van der Waals surface area contributed by atoms with Gasteiger partial charge in [0.05, 0.1) is 22.5 Å². The minimum absolute atomic E-state index is 0.0810. The lowest BCUT2D eigenvalue weighted by Gasteiger charge is -2.30. The molecular formula is C19H15F8N5O2S. The van der Waals surface area contributed by atoms with E-state index < -0.39 is 61.9 Å². The monoisotopic (exact) mass is 529 g/mol. The first-order chi connectivity index (χ1) is 16.1. The summed E-state index contributed by atoms with van der Waals surface area (Å²) >= 11 is 0. The lowest BCUT2D eigenvalue weighted by atomic mass is 10.0. The quantitative estimate of drug-likeness (QED) is 0.417. The normalized spacial score (nSPS) is 14.2. The minimum Gasteiger partial charge on any atom is -0.327 e. The van der Waals surface area contributed by atoms with Crippen LogP contribution in [0.2, 0.25) is 0 Å². The predicted molar refractivity (Wildman–Crippen MR) is 105 cm³/mol. The standard InChI is InChI=1S/C19H15F8N5O2S/c1-3-35(33,34)12-7-10(15-28-5-4-6-29-15)8-30-13(12)16-31-9-11(32(16)2)14(20)17(21,22)18(23,24)19(25,26)27/h4-9,14H,3H2,1-2H3/t14-/m1/s1. The van der Waals surface area contributed by atoms with Crippen LogP contribution < -0.4 is 0 Å². The molecule has 0 aliphatic rings. The summed E-state index contributed by atoms with van der Waals surface area (Å²) < 4.78 is 132. The zero-order chi connectivity index (χ0) is 26.4. The number of aromatic nitrogens is 5. The van der Waals surface area contributed by atoms with Crippen molar-refractivity contribution < 1.29 is 43.5 Å². The van der Waals surface area contributed by atoms with Gasteiger partial charge < -0.3 is 4.57 Å². The van der Waals surface area contributed by atoms with Gasteiger partial charge in [0.25, 0.3) is 0 Å². The summed E-state index contributed by atoms with van der Waals surface area (Å²) in [7, 11) is -3.25. The molecule has 0 radical (unpaired) electrons. The van der Waals surface area contributed by atoms with Crippen molar-refractivity contribution >= 4 is 9.84 Å². The third kappa shape index (κ3) is 4.46. The molecule has 3 rings (SSSR count). The van der Waals surface area contributed by atoms with Crippen molar-refractivity contribution in [2.24, 2.45) is 7.05 Å². The lowest BCUT2D eigenvalue weighted by molar-refractivity contribution is -0.367. The maximum atomic E-state index is 14.5. The number of hydrogen-bond acceptors (Lipinski definition) is 6. The zero-order valence-electron chi connectivity index (χ0n) is 17.7. The second-order valence-corrected chi connectivity index (χ2v) is 9.42. The van der Waals surface area contributed by atoms with E-state index in [1.165, 1.54) is 25.4 Å². The molecule has 0 aliphatic heterocycles. The highest BCUT2D eigenvalue weighted by Gasteiger charge is 2.76. The molecule has 0 aliphatic carbocycles. The Morgan fingerprint density at radius 2 is 1.57 bits per heavy atom. The van der Waals surface area contributed by atoms with E-state index in [0.29, 0.717) is 10.8 Å². The van der Waals surface area contributed by atoms with Crippen LogP contribution in [0.3, 0.4) is 0 Å². The van der Waals surface area contributed by atoms with Crippen LogP contribution in [-0.2, 0) is 16.9 Å². The lowest BCUT2D eigenvalue weighted by Crippen LogP contribution is -2.54. The van der Waals surface area contributed by atoms with E-state index in [0.717, 1.165) is 19.3 Å². The summed E-state index contributed by atoms with van der Waals surface area (Å²) in [6, 6.07) is 2.60. The van der Waals surface area contributed by atoms with Crippen LogP contribution in [0.4, 0.5) is 35.1 Å². The number of pyridine rings is 1. The smallest absolute Gasteiger partial charge is 0.327 e. The second kappa shape index (κ2) is 8.80. The van der Waals surface area contributed by atoms with Crippen LogP contribution in [0, 0.1) is 0 Å². The highest BCUT2D eigenvalue weighted by molar-refractivity contribution is 7.91. The molecule has 3 aromatic heterocycles. The fraction of sp³-hybridized carbons (Fsp3) is 0.368. The van der Waals surface area contributed by atoms with Crippen molar-refractivity contribution in [2.45, 2.75) is 36.0 Å². The van der Waals surface area contributed by atoms with Crippen LogP contribution in [0.5, 0.6) is 0 Å². The van der Waals surface area contributed by atoms with E-state index in [9.17, 15) is 43.5 Å². The topological polar surface area (TPSA) is 90.6 Å². The molecule has 0 bridgehead atoms. The van der Waals surface area contributed by atoms with Crippen LogP contribution in [-0.4, -0.2) is 56.7 Å². The fourth-order valence-electron chi connectivity index (χ4n) is 2.99. The van der Waals surface area contributed by atoms with Gasteiger partial charge in [0, 0.05) is 31.2 Å². The molecule has 190 valence electrons. The van der Waals surface area contributed by atoms with Crippen molar-refractivity contribution in [3.05, 3.63) is 42.6 Å². The molecule has 0 saturated heterocycles. The first-order valence-corrected chi connectivity index (χ1v) is 11.2. The number of rotatable bonds is 7. The van der Waals surface area contributed by atoms with Gasteiger partial charge in [-0.25, -0.2) is 27.8 Å². The summed E-state index contributed by atoms with van der Waals surface area (Å²) in [6.45, 7) is 1.28. The van der Waals surface area contributed by atoms with Gasteiger partial charge in [0.1, 0.15) is 5.69 Å². The van der Waals surface area contributed by atoms with Gasteiger partial charge >= 0.3 is 18.0 Å². The van der Waals surface area contributed by atoms with Crippen molar-refractivity contribution in [3.63, 3.8) is 0 Å². The minimum atomic E-state index is -6.73. The number of halogens is 8. The summed E-state index contributed by atoms with van der Waals surface area (Å²) in [4.78, 5) is 14.9. The highest BCUT2D eigenvalue weighted by atomic mass is 32.2. The Bertz CT molecular complexity index is 1330. The van der Waals surface area contributed by atoms with E-state index in [1.54, 1.807) is 0 Å². The van der Waals surface area contributed by atoms with E-state index in [2.05, 4.69) is 19.9 Å². The van der Waals surface area contributed by atoms with Gasteiger partial charge in [-0.15, -0.1) is 0 Å². The SMILES string of the molecule is CCS(=O)(=O)c1cc(-c2ncccn2)cnc1-c1ncc([C@@H](F)C(F)(F)C(F)(F)C(F)(F)F)n1C. The summed E-state index contributed by atoms with van der Waals surface area (Å²) in [5.74, 6) is -13.8. The molecule has 0 aromatic carbocycles. The molecule has 0 unspecified atom stereocenters. The molecule has 1 atom stereocenters. The van der Waals surface area contributed by atoms with E-state index >= 15 is 0 Å². The van der Waals surface area contributed by atoms with Crippen molar-refractivity contribution in [1.29, 1.82) is 0 Å². The molecule has 3 heterocycles. The largest absolute Gasteiger partial charge is 0.460 e. The van der Waals surface area contributed by atoms with E-state index in [1.807, 2.05) is 0 Å². The second-order valence-electron chi connectivity index (χ2n) is 7.17. The van der Waals surface area contributed by atoms with Gasteiger partial charge in [-0.05, 0) is 12.1 Å². The Balaban J connectivity index is 2.15. The Labute approximate surface area is 192 Å². The maximum absolute atomic E-state index is 14.5. The number of imidazole rings is 1. The first-order valence-electron chi connectivity index (χ1n) is 9.54. The average molecular weight is 529 g/mol. The molecule has 16 heteroatoms. The summed E-state index contributed by atoms with van der Waals surface area (Å²) in [6.07, 6.45) is -6.73. The molecule has 0 fully saturated rings. The van der Waals surface area contributed by atoms with Gasteiger partial charge in [-0.1, -0.05) is 6.92 Å². The van der Waals surface area contributed by atoms with Crippen LogP contribution in [0.1, 0.15) is 18.8 Å². The Morgan fingerprint density at radius 3 is 2.11 bits per heavy atom. The van der Waals surface area contributed by atoms with Crippen molar-refractivity contribution in [2.75, 3.05) is 5.75 Å². The van der Waals surface area contributed by atoms with Gasteiger partial charge in [-0.3, -0.25) is 4.98 Å². The molecular weight excluding hydrogens is 514 g/mol. The predicted octanol–water partition coefficient (Wildman–Crippen LogP) is 4.58. The third-order valence-corrected chi connectivity index (χ3v) is 6.72. The number of nitrogens with zero attached hydrogens (tertiary/aromatic N) is 5. The molecule has 3 aromatic rings. The highest BCUT2D eigenvalue weighted by Crippen LogP contribution is 2.53. The van der Waals surface area contributed by atoms with Gasteiger partial charge in [0.15, 0.2) is 21.5 Å². The third-order valence-electron chi connectivity index (χ3n) is 4.98. The van der Waals surface area contributed by atoms with Crippen LogP contribution >= 0.6 is 0 Å². The van der Waals surface area contributed by atoms with E-state index in [4.69, 9.17) is 0 Å². The summed E-state index contributed by atoms with van der Waals surface area (Å²) in [5, 5.41) is 0. The number of alkyl halides is 8. The molecule has 0 saturated carbocycles. The van der Waals surface area contributed by atoms with Gasteiger partial charge in [-0.2, -0.15) is 30.7 Å². The van der Waals surface area contributed by atoms with Crippen molar-refractivity contribution in [3.8, 4) is 22.9 Å². The first kappa shape index (κ1) is 26.4. The Kier molecular flexibility index (Phi) is 6.65. The van der Waals surface area contributed by atoms with Crippen molar-refractivity contribution in [1.82, 2.24) is 24.5 Å². The maximum Gasteiger partial charge on any atom is 0.460 e. The zero-order valence-corrected chi connectivity index (χ0v) is 18.5. The van der Waals surface area contributed by atoms with Crippen LogP contribution in [0.25, 0.3) is 22.9 Å². The van der Waals surface area contributed by atoms with E-state index in [-0.39, 0.29) is 11.4 Å². The number of sulfone groups is 1. The molecule has 35 heavy (non-hydrogen) atoms. The molecule has 7 nitrogen and oxygen atoms in total. The Morgan fingerprint density at radius 1 is 0.971 bits per heavy atom. The molecule has 0 spiro atoms. The number of hydrogen-bond donors (Lipinski definition) is 0. The Hall–Kier alpha value is -3.17. The molecule has 0 N–H and O–H groups in total. The fourth-order valence-corrected chi connectivity index (χ4v) is 4.04. The van der Waals surface area contributed by atoms with Crippen LogP contribution in [0.15, 0.2) is 41.8 Å².